The third-order valence-corrected chi connectivity index (χ3v) is 9.34. The highest BCUT2D eigenvalue weighted by Crippen LogP contribution is 2.43. The molecule has 1 amide bonds. The van der Waals surface area contributed by atoms with Crippen molar-refractivity contribution in [2.75, 3.05) is 32.8 Å². The van der Waals surface area contributed by atoms with Crippen molar-refractivity contribution in [1.29, 1.82) is 0 Å². The number of alkyl halides is 2. The molecule has 2 fully saturated rings. The molecular weight excluding hydrogens is 651 g/mol. The highest BCUT2D eigenvalue weighted by Gasteiger charge is 2.62. The third kappa shape index (κ3) is 6.47. The molecule has 2 N–H and O–H groups in total. The number of esters is 1. The van der Waals surface area contributed by atoms with Crippen LogP contribution in [0, 0.1) is 22.9 Å². The van der Waals surface area contributed by atoms with E-state index in [0.29, 0.717) is 11.1 Å². The maximum absolute atomic E-state index is 15.9. The van der Waals surface area contributed by atoms with Gasteiger partial charge in [0.15, 0.2) is 28.3 Å². The Hall–Kier alpha value is -3.96. The Morgan fingerprint density at radius 1 is 1.19 bits per heavy atom. The second kappa shape index (κ2) is 12.9. The zero-order chi connectivity index (χ0) is 34.4. The molecule has 11 nitrogen and oxygen atoms in total. The Kier molecular flexibility index (Phi) is 9.45. The molecule has 0 spiro atoms. The van der Waals surface area contributed by atoms with Crippen molar-refractivity contribution in [1.82, 2.24) is 25.2 Å². The van der Waals surface area contributed by atoms with E-state index >= 15 is 13.2 Å². The number of aromatic nitrogens is 1. The van der Waals surface area contributed by atoms with Crippen LogP contribution in [0.1, 0.15) is 50.7 Å². The first kappa shape index (κ1) is 34.4. The van der Waals surface area contributed by atoms with Gasteiger partial charge in [-0.1, -0.05) is 6.07 Å². The number of hydrazine groups is 1. The van der Waals surface area contributed by atoms with Crippen LogP contribution in [0.15, 0.2) is 40.0 Å². The average Bonchev–Trinajstić information content (AvgIpc) is 3.72. The summed E-state index contributed by atoms with van der Waals surface area (Å²) in [4.78, 5) is 47.8. The van der Waals surface area contributed by atoms with Crippen LogP contribution in [0.3, 0.4) is 0 Å². The van der Waals surface area contributed by atoms with Crippen molar-refractivity contribution in [3.8, 4) is 0 Å². The lowest BCUT2D eigenvalue weighted by molar-refractivity contribution is -0.156. The van der Waals surface area contributed by atoms with Gasteiger partial charge >= 0.3 is 11.9 Å². The molecule has 0 aliphatic carbocycles. The maximum Gasteiger partial charge on any atom is 0.338 e. The van der Waals surface area contributed by atoms with Gasteiger partial charge in [-0.15, -0.1) is 11.3 Å². The van der Waals surface area contributed by atoms with Crippen molar-refractivity contribution in [2.45, 2.75) is 58.2 Å². The Morgan fingerprint density at radius 2 is 1.91 bits per heavy atom. The number of carbonyl (C=O) groups excluding carboxylic acids is 2. The Morgan fingerprint density at radius 3 is 2.53 bits per heavy atom. The van der Waals surface area contributed by atoms with E-state index in [-0.39, 0.29) is 49.8 Å². The number of aliphatic imine (C=N–C) groups is 1. The number of likely N-dealkylation sites (tertiary alicyclic amines) is 1. The number of carboxylic acid groups (broad SMARTS) is 1. The summed E-state index contributed by atoms with van der Waals surface area (Å²) in [5.74, 6) is -10.8. The van der Waals surface area contributed by atoms with E-state index < -0.39 is 76.9 Å². The molecule has 3 unspecified atom stereocenters. The number of amidine groups is 1. The van der Waals surface area contributed by atoms with Crippen molar-refractivity contribution < 1.29 is 46.2 Å². The van der Waals surface area contributed by atoms with Gasteiger partial charge in [-0.25, -0.2) is 36.7 Å². The molecule has 254 valence electrons. The van der Waals surface area contributed by atoms with Crippen LogP contribution in [-0.4, -0.2) is 99.5 Å². The SMILES string of the molecule is CCOC(=O)C1=C(CN2CC(F)(F)C3C2CN(C(C)=O)N3CCC(C)(C)C(=O)O)NC(c2nccs2)=NC1c1ccc(F)c(F)c1F. The molecule has 3 aliphatic rings. The molecular formula is C30H33F5N6O5S. The molecule has 1 aromatic carbocycles. The largest absolute Gasteiger partial charge is 0.481 e. The fraction of sp³-hybridized carbons (Fsp3) is 0.500. The first-order valence-corrected chi connectivity index (χ1v) is 15.6. The van der Waals surface area contributed by atoms with E-state index in [0.717, 1.165) is 17.4 Å². The number of hydrogen-bond donors (Lipinski definition) is 2. The number of carbonyl (C=O) groups is 3. The predicted octanol–water partition coefficient (Wildman–Crippen LogP) is 3.74. The van der Waals surface area contributed by atoms with E-state index in [9.17, 15) is 28.3 Å². The number of carboxylic acids is 1. The molecule has 47 heavy (non-hydrogen) atoms. The summed E-state index contributed by atoms with van der Waals surface area (Å²) in [6, 6.07) is -2.41. The predicted molar refractivity (Wildman–Crippen MR) is 159 cm³/mol. The van der Waals surface area contributed by atoms with Crippen molar-refractivity contribution in [2.24, 2.45) is 10.4 Å². The van der Waals surface area contributed by atoms with Gasteiger partial charge in [0.25, 0.3) is 5.92 Å². The van der Waals surface area contributed by atoms with Crippen LogP contribution in [-0.2, 0) is 19.1 Å². The molecule has 4 heterocycles. The first-order valence-electron chi connectivity index (χ1n) is 14.8. The number of thiazole rings is 1. The number of ether oxygens (including phenoxy) is 1. The lowest BCUT2D eigenvalue weighted by Gasteiger charge is -2.35. The highest BCUT2D eigenvalue weighted by molar-refractivity contribution is 7.11. The standard InChI is InChI=1S/C30H33F5N6O5S/c1-5-46-27(43)20-18(37-25(26-36-9-11-47-26)38-23(20)16-6-7-17(31)22(33)21(16)32)12-39-14-30(34,35)24-19(39)13-41(15(2)42)40(24)10-8-29(3,4)28(44)45/h6-7,9,11,19,23-24H,5,8,10,12-14H2,1-4H3,(H,37,38)(H,44,45). The zero-order valence-electron chi connectivity index (χ0n) is 25.9. The van der Waals surface area contributed by atoms with Crippen LogP contribution in [0.2, 0.25) is 0 Å². The van der Waals surface area contributed by atoms with Gasteiger partial charge < -0.3 is 15.2 Å². The van der Waals surface area contributed by atoms with Gasteiger partial charge in [0, 0.05) is 42.9 Å². The van der Waals surface area contributed by atoms with E-state index in [4.69, 9.17) is 4.74 Å². The fourth-order valence-corrected chi connectivity index (χ4v) is 6.66. The van der Waals surface area contributed by atoms with Gasteiger partial charge in [0.05, 0.1) is 36.7 Å². The van der Waals surface area contributed by atoms with Crippen molar-refractivity contribution in [3.63, 3.8) is 0 Å². The Bertz CT molecular complexity index is 1630. The van der Waals surface area contributed by atoms with Gasteiger partial charge in [-0.05, 0) is 33.3 Å². The zero-order valence-corrected chi connectivity index (χ0v) is 26.7. The number of nitrogens with one attached hydrogen (secondary N) is 1. The van der Waals surface area contributed by atoms with Crippen LogP contribution in [0.4, 0.5) is 22.0 Å². The monoisotopic (exact) mass is 684 g/mol. The summed E-state index contributed by atoms with van der Waals surface area (Å²) in [7, 11) is 0. The lowest BCUT2D eigenvalue weighted by atomic mass is 9.89. The number of fused-ring (bicyclic) bond motifs is 1. The number of amides is 1. The van der Waals surface area contributed by atoms with E-state index in [1.54, 1.807) is 5.38 Å². The molecule has 3 aliphatic heterocycles. The van der Waals surface area contributed by atoms with Gasteiger partial charge in [-0.3, -0.25) is 24.5 Å². The summed E-state index contributed by atoms with van der Waals surface area (Å²) in [6.45, 7) is 4.09. The fourth-order valence-electron chi connectivity index (χ4n) is 6.07. The lowest BCUT2D eigenvalue weighted by Crippen LogP contribution is -2.52. The van der Waals surface area contributed by atoms with Crippen LogP contribution < -0.4 is 5.32 Å². The topological polar surface area (TPSA) is 128 Å². The van der Waals surface area contributed by atoms with Crippen LogP contribution in [0.25, 0.3) is 0 Å². The summed E-state index contributed by atoms with van der Waals surface area (Å²) in [5.41, 5.74) is -2.05. The van der Waals surface area contributed by atoms with Crippen LogP contribution in [0.5, 0.6) is 0 Å². The summed E-state index contributed by atoms with van der Waals surface area (Å²) in [5, 5.41) is 16.8. The van der Waals surface area contributed by atoms with E-state index in [1.165, 1.54) is 48.8 Å². The van der Waals surface area contributed by atoms with Gasteiger partial charge in [0.2, 0.25) is 5.91 Å². The van der Waals surface area contributed by atoms with Crippen LogP contribution >= 0.6 is 11.3 Å². The number of halogens is 5. The number of nitrogens with zero attached hydrogens (tertiary/aromatic N) is 5. The Balaban J connectivity index is 1.57. The van der Waals surface area contributed by atoms with Crippen molar-refractivity contribution in [3.05, 3.63) is 63.0 Å². The molecule has 0 bridgehead atoms. The van der Waals surface area contributed by atoms with E-state index in [2.05, 4.69) is 15.3 Å². The second-order valence-corrected chi connectivity index (χ2v) is 13.0. The minimum absolute atomic E-state index is 0.00549. The number of aliphatic carboxylic acids is 1. The average molecular weight is 685 g/mol. The maximum atomic E-state index is 15.9. The summed E-state index contributed by atoms with van der Waals surface area (Å²) < 4.78 is 80.6. The molecule has 2 saturated heterocycles. The molecule has 0 radical (unpaired) electrons. The van der Waals surface area contributed by atoms with Gasteiger partial charge in [0.1, 0.15) is 12.1 Å². The first-order chi connectivity index (χ1) is 22.1. The van der Waals surface area contributed by atoms with Crippen molar-refractivity contribution >= 4 is 35.0 Å². The number of hydrogen-bond acceptors (Lipinski definition) is 10. The number of benzene rings is 1. The molecule has 2 aromatic rings. The van der Waals surface area contributed by atoms with E-state index in [1.807, 2.05) is 0 Å². The Labute approximate surface area is 270 Å². The minimum atomic E-state index is -3.39. The summed E-state index contributed by atoms with van der Waals surface area (Å²) >= 11 is 1.13. The quantitative estimate of drug-likeness (QED) is 0.219. The highest BCUT2D eigenvalue weighted by atomic mass is 32.1. The number of rotatable bonds is 10. The third-order valence-electron chi connectivity index (χ3n) is 8.56. The molecule has 17 heteroatoms. The smallest absolute Gasteiger partial charge is 0.338 e. The normalized spacial score (nSPS) is 23.0. The van der Waals surface area contributed by atoms with Gasteiger partial charge in [-0.2, -0.15) is 0 Å². The minimum Gasteiger partial charge on any atom is -0.481 e. The second-order valence-electron chi connectivity index (χ2n) is 12.1. The molecule has 1 aromatic heterocycles. The molecule has 0 saturated carbocycles. The molecule has 3 atom stereocenters. The summed E-state index contributed by atoms with van der Waals surface area (Å²) in [6.07, 6.45) is 1.43. The molecule has 5 rings (SSSR count).